The van der Waals surface area contributed by atoms with Crippen molar-refractivity contribution in [2.24, 2.45) is 0 Å². The number of anilines is 1. The number of halogens is 4. The van der Waals surface area contributed by atoms with Gasteiger partial charge in [-0.2, -0.15) is 15.2 Å². The lowest BCUT2D eigenvalue weighted by molar-refractivity contribution is -0.131. The van der Waals surface area contributed by atoms with Gasteiger partial charge in [0.2, 0.25) is 0 Å². The zero-order valence-corrected chi connectivity index (χ0v) is 26.3. The lowest BCUT2D eigenvalue weighted by atomic mass is 9.95. The molecule has 3 aliphatic rings. The second-order valence-corrected chi connectivity index (χ2v) is 12.9. The highest BCUT2D eigenvalue weighted by molar-refractivity contribution is 6.36. The second kappa shape index (κ2) is 12.3. The van der Waals surface area contributed by atoms with Crippen LogP contribution in [0.2, 0.25) is 5.02 Å². The number of hydrogen-bond donors (Lipinski definition) is 0. The van der Waals surface area contributed by atoms with Gasteiger partial charge in [0, 0.05) is 43.4 Å². The van der Waals surface area contributed by atoms with Crippen LogP contribution in [-0.4, -0.2) is 82.8 Å². The smallest absolute Gasteiger partial charge is 0.319 e. The van der Waals surface area contributed by atoms with Gasteiger partial charge in [-0.3, -0.25) is 9.69 Å². The first kappa shape index (κ1) is 31.2. The second-order valence-electron chi connectivity index (χ2n) is 12.6. The maximum Gasteiger partial charge on any atom is 0.319 e. The number of carbonyl (C=O) groups excluding carboxylic acids is 1. The van der Waals surface area contributed by atoms with E-state index >= 15 is 0 Å². The Balaban J connectivity index is 1.30. The van der Waals surface area contributed by atoms with Crippen molar-refractivity contribution in [3.8, 4) is 23.2 Å². The first-order valence-corrected chi connectivity index (χ1v) is 16.0. The number of amides is 1. The van der Waals surface area contributed by atoms with Gasteiger partial charge in [0.25, 0.3) is 5.91 Å². The number of nitriles is 1. The van der Waals surface area contributed by atoms with E-state index in [1.54, 1.807) is 6.07 Å². The molecule has 3 fully saturated rings. The van der Waals surface area contributed by atoms with Gasteiger partial charge in [-0.05, 0) is 54.1 Å². The molecule has 8 nitrogen and oxygen atoms in total. The largest absolute Gasteiger partial charge is 0.461 e. The number of ether oxygens (including phenoxy) is 1. The molecule has 0 aliphatic carbocycles. The van der Waals surface area contributed by atoms with Crippen LogP contribution in [0.1, 0.15) is 25.7 Å². The number of rotatable bonds is 7. The molecule has 1 amide bonds. The summed E-state index contributed by atoms with van der Waals surface area (Å²) in [5.74, 6) is -1.90. The van der Waals surface area contributed by atoms with Crippen molar-refractivity contribution in [1.82, 2.24) is 19.8 Å². The summed E-state index contributed by atoms with van der Waals surface area (Å²) in [5, 5.41) is 11.6. The molecule has 0 bridgehead atoms. The van der Waals surface area contributed by atoms with Crippen molar-refractivity contribution in [2.45, 2.75) is 43.4 Å². The minimum atomic E-state index is -1.08. The summed E-state index contributed by atoms with van der Waals surface area (Å²) in [6.45, 7) is 5.28. The number of alkyl halides is 1. The van der Waals surface area contributed by atoms with E-state index in [0.717, 1.165) is 35.9 Å². The van der Waals surface area contributed by atoms with Gasteiger partial charge in [-0.1, -0.05) is 48.5 Å². The molecule has 4 aromatic rings. The number of benzene rings is 3. The van der Waals surface area contributed by atoms with Crippen LogP contribution in [0.4, 0.5) is 19.0 Å². The summed E-state index contributed by atoms with van der Waals surface area (Å²) >= 11 is 6.46. The average Bonchev–Trinajstić information content (AvgIpc) is 3.60. The molecule has 3 atom stereocenters. The van der Waals surface area contributed by atoms with E-state index in [1.807, 2.05) is 41.3 Å². The standard InChI is InChI=1S/C35H32ClF3N6O2/c1-21(37)33(46)45-15-14-43(19-25(45)10-12-40)32-27-8-6-23(26-5-2-4-22-7-9-28(39)31(36)30(22)26)16-29(27)41-34(42-32)47-20-35-11-3-13-44(35)18-24(38)17-35/h2,4-9,16,24-25H,1,3,10-11,13-15,17-20H2/t24-,25+,35+/m1/s1. The summed E-state index contributed by atoms with van der Waals surface area (Å²) in [4.78, 5) is 27.6. The molecular weight excluding hydrogens is 629 g/mol. The quantitative estimate of drug-likeness (QED) is 0.206. The lowest BCUT2D eigenvalue weighted by Crippen LogP contribution is -2.55. The first-order valence-electron chi connectivity index (χ1n) is 15.7. The van der Waals surface area contributed by atoms with E-state index in [1.165, 1.54) is 11.0 Å². The molecule has 0 unspecified atom stereocenters. The van der Waals surface area contributed by atoms with Crippen LogP contribution in [0.25, 0.3) is 32.8 Å². The monoisotopic (exact) mass is 660 g/mol. The highest BCUT2D eigenvalue weighted by Crippen LogP contribution is 2.41. The van der Waals surface area contributed by atoms with Crippen LogP contribution in [0.3, 0.4) is 0 Å². The summed E-state index contributed by atoms with van der Waals surface area (Å²) in [6, 6.07) is 15.9. The van der Waals surface area contributed by atoms with Crippen molar-refractivity contribution in [3.63, 3.8) is 0 Å². The highest BCUT2D eigenvalue weighted by atomic mass is 35.5. The zero-order valence-electron chi connectivity index (χ0n) is 25.6. The van der Waals surface area contributed by atoms with Crippen molar-refractivity contribution >= 4 is 45.0 Å². The van der Waals surface area contributed by atoms with E-state index in [4.69, 9.17) is 26.3 Å². The van der Waals surface area contributed by atoms with E-state index in [-0.39, 0.29) is 37.2 Å². The molecule has 0 spiro atoms. The van der Waals surface area contributed by atoms with Gasteiger partial charge in [-0.25, -0.2) is 13.2 Å². The molecule has 242 valence electrons. The molecule has 3 aromatic carbocycles. The van der Waals surface area contributed by atoms with Crippen LogP contribution >= 0.6 is 11.6 Å². The minimum absolute atomic E-state index is 0.00675. The Bertz CT molecular complexity index is 1950. The SMILES string of the molecule is C=C(F)C(=O)N1CCN(c2nc(OC[C@@]34CCCN3C[C@H](F)C4)nc3cc(-c4cccc5ccc(F)c(Cl)c45)ccc23)C[C@@H]1CC#N. The van der Waals surface area contributed by atoms with Crippen molar-refractivity contribution in [1.29, 1.82) is 5.26 Å². The average molecular weight is 661 g/mol. The van der Waals surface area contributed by atoms with Gasteiger partial charge in [0.15, 0.2) is 5.83 Å². The lowest BCUT2D eigenvalue weighted by Gasteiger charge is -2.41. The van der Waals surface area contributed by atoms with E-state index in [0.29, 0.717) is 41.6 Å². The van der Waals surface area contributed by atoms with Crippen molar-refractivity contribution in [3.05, 3.63) is 71.8 Å². The predicted molar refractivity (Wildman–Crippen MR) is 174 cm³/mol. The van der Waals surface area contributed by atoms with Gasteiger partial charge in [-0.15, -0.1) is 0 Å². The summed E-state index contributed by atoms with van der Waals surface area (Å²) in [6.07, 6.45) is 1.26. The molecule has 1 aromatic heterocycles. The molecule has 3 saturated heterocycles. The molecule has 4 heterocycles. The number of aromatic nitrogens is 2. The molecule has 12 heteroatoms. The molecule has 0 saturated carbocycles. The Labute approximate surface area is 275 Å². The number of nitrogens with zero attached hydrogens (tertiary/aromatic N) is 6. The summed E-state index contributed by atoms with van der Waals surface area (Å²) in [5.41, 5.74) is 1.61. The van der Waals surface area contributed by atoms with Crippen LogP contribution in [0.15, 0.2) is 60.9 Å². The van der Waals surface area contributed by atoms with Gasteiger partial charge >= 0.3 is 6.01 Å². The maximum absolute atomic E-state index is 14.6. The Morgan fingerprint density at radius 1 is 1.15 bits per heavy atom. The van der Waals surface area contributed by atoms with Gasteiger partial charge < -0.3 is 14.5 Å². The summed E-state index contributed by atoms with van der Waals surface area (Å²) in [7, 11) is 0. The Morgan fingerprint density at radius 3 is 2.81 bits per heavy atom. The highest BCUT2D eigenvalue weighted by Gasteiger charge is 2.49. The molecule has 0 radical (unpaired) electrons. The number of piperazine rings is 1. The molecule has 3 aliphatic heterocycles. The van der Waals surface area contributed by atoms with Crippen LogP contribution in [0, 0.1) is 17.1 Å². The third-order valence-electron chi connectivity index (χ3n) is 9.74. The molecule has 47 heavy (non-hydrogen) atoms. The number of hydrogen-bond acceptors (Lipinski definition) is 7. The normalized spacial score (nSPS) is 22.9. The van der Waals surface area contributed by atoms with Crippen LogP contribution < -0.4 is 9.64 Å². The third kappa shape index (κ3) is 5.63. The zero-order chi connectivity index (χ0) is 32.9. The van der Waals surface area contributed by atoms with Crippen LogP contribution in [0.5, 0.6) is 6.01 Å². The Hall–Kier alpha value is -4.40. The Morgan fingerprint density at radius 2 is 2.00 bits per heavy atom. The minimum Gasteiger partial charge on any atom is -0.461 e. The molecular formula is C35H32ClF3N6O2. The molecule has 7 rings (SSSR count). The van der Waals surface area contributed by atoms with Gasteiger partial charge in [0.1, 0.15) is 24.4 Å². The van der Waals surface area contributed by atoms with E-state index in [2.05, 4.69) is 17.5 Å². The Kier molecular flexibility index (Phi) is 8.18. The fourth-order valence-corrected chi connectivity index (χ4v) is 7.79. The molecule has 0 N–H and O–H groups in total. The first-order chi connectivity index (χ1) is 22.7. The van der Waals surface area contributed by atoms with E-state index < -0.39 is 35.3 Å². The topological polar surface area (TPSA) is 85.6 Å². The van der Waals surface area contributed by atoms with Crippen LogP contribution in [-0.2, 0) is 4.79 Å². The fraction of sp³-hybridized carbons (Fsp3) is 0.371. The maximum atomic E-state index is 14.6. The number of fused-ring (bicyclic) bond motifs is 3. The van der Waals surface area contributed by atoms with Crippen molar-refractivity contribution < 1.29 is 22.7 Å². The predicted octanol–water partition coefficient (Wildman–Crippen LogP) is 6.61. The number of carbonyl (C=O) groups is 1. The van der Waals surface area contributed by atoms with Crippen molar-refractivity contribution in [2.75, 3.05) is 44.2 Å². The summed E-state index contributed by atoms with van der Waals surface area (Å²) < 4.78 is 49.2. The fourth-order valence-electron chi connectivity index (χ4n) is 7.51. The van der Waals surface area contributed by atoms with E-state index in [9.17, 15) is 23.2 Å². The van der Waals surface area contributed by atoms with Gasteiger partial charge in [0.05, 0.1) is 34.6 Å². The third-order valence-corrected chi connectivity index (χ3v) is 10.1.